The first-order valence-electron chi connectivity index (χ1n) is 9.61. The number of ether oxygens (including phenoxy) is 1. The first-order chi connectivity index (χ1) is 13.9. The van der Waals surface area contributed by atoms with E-state index in [-0.39, 0.29) is 24.0 Å². The van der Waals surface area contributed by atoms with E-state index in [1.807, 2.05) is 48.5 Å². The van der Waals surface area contributed by atoms with Gasteiger partial charge in [-0.2, -0.15) is 5.10 Å². The fourth-order valence-electron chi connectivity index (χ4n) is 3.93. The van der Waals surface area contributed by atoms with Crippen LogP contribution in [0.1, 0.15) is 59.7 Å². The number of hydrogen-bond donors (Lipinski definition) is 2. The summed E-state index contributed by atoms with van der Waals surface area (Å²) < 4.78 is 5.63. The highest BCUT2D eigenvalue weighted by Crippen LogP contribution is 2.47. The second kappa shape index (κ2) is 7.04. The Bertz CT molecular complexity index is 1050. The van der Waals surface area contributed by atoms with Crippen molar-refractivity contribution in [1.82, 2.24) is 10.2 Å². The van der Waals surface area contributed by atoms with Crippen LogP contribution in [-0.4, -0.2) is 28.3 Å². The molecule has 1 amide bonds. The number of anilines is 1. The molecule has 6 heteroatoms. The molecule has 2 heterocycles. The Morgan fingerprint density at radius 1 is 1.14 bits per heavy atom. The van der Waals surface area contributed by atoms with Gasteiger partial charge >= 0.3 is 0 Å². The SMILES string of the molecule is COc1ccccc1C1c2c(n[nH]c2C(C)(C)C)C(=O)N1c1ccc(CO)cc1. The average Bonchev–Trinajstić information content (AvgIpc) is 3.27. The van der Waals surface area contributed by atoms with Crippen LogP contribution in [0.25, 0.3) is 0 Å². The van der Waals surface area contributed by atoms with E-state index in [1.54, 1.807) is 12.0 Å². The van der Waals surface area contributed by atoms with Gasteiger partial charge in [0.15, 0.2) is 5.69 Å². The molecule has 0 saturated heterocycles. The molecule has 0 saturated carbocycles. The number of aliphatic hydroxyl groups is 1. The lowest BCUT2D eigenvalue weighted by atomic mass is 9.85. The largest absolute Gasteiger partial charge is 0.496 e. The van der Waals surface area contributed by atoms with E-state index < -0.39 is 0 Å². The smallest absolute Gasteiger partial charge is 0.280 e. The molecule has 1 unspecified atom stereocenters. The van der Waals surface area contributed by atoms with Crippen molar-refractivity contribution in [2.45, 2.75) is 38.8 Å². The molecule has 0 bridgehead atoms. The molecular formula is C23H25N3O3. The van der Waals surface area contributed by atoms with Gasteiger partial charge in [0.1, 0.15) is 5.75 Å². The zero-order valence-corrected chi connectivity index (χ0v) is 17.1. The first-order valence-corrected chi connectivity index (χ1v) is 9.61. The predicted molar refractivity (Wildman–Crippen MR) is 111 cm³/mol. The van der Waals surface area contributed by atoms with Gasteiger partial charge in [0.05, 0.1) is 19.8 Å². The zero-order chi connectivity index (χ0) is 20.8. The normalized spacial score (nSPS) is 16.2. The molecule has 1 atom stereocenters. The molecule has 2 N–H and O–H groups in total. The van der Waals surface area contributed by atoms with Crippen LogP contribution in [0.15, 0.2) is 48.5 Å². The molecule has 0 radical (unpaired) electrons. The molecule has 3 aromatic rings. The van der Waals surface area contributed by atoms with E-state index >= 15 is 0 Å². The Morgan fingerprint density at radius 3 is 2.45 bits per heavy atom. The topological polar surface area (TPSA) is 78.5 Å². The third kappa shape index (κ3) is 3.09. The Morgan fingerprint density at radius 2 is 1.83 bits per heavy atom. The summed E-state index contributed by atoms with van der Waals surface area (Å²) in [5.74, 6) is 0.565. The van der Waals surface area contributed by atoms with Crippen LogP contribution in [0.4, 0.5) is 5.69 Å². The highest BCUT2D eigenvalue weighted by Gasteiger charge is 2.45. The number of fused-ring (bicyclic) bond motifs is 1. The maximum absolute atomic E-state index is 13.4. The van der Waals surface area contributed by atoms with Crippen LogP contribution in [0.5, 0.6) is 5.75 Å². The Labute approximate surface area is 170 Å². The third-order valence-corrected chi connectivity index (χ3v) is 5.34. The van der Waals surface area contributed by atoms with Crippen LogP contribution < -0.4 is 9.64 Å². The van der Waals surface area contributed by atoms with Crippen molar-refractivity contribution in [2.24, 2.45) is 0 Å². The molecule has 6 nitrogen and oxygen atoms in total. The van der Waals surface area contributed by atoms with Gasteiger partial charge < -0.3 is 9.84 Å². The second-order valence-corrected chi connectivity index (χ2v) is 8.26. The minimum Gasteiger partial charge on any atom is -0.496 e. The molecule has 1 aromatic heterocycles. The zero-order valence-electron chi connectivity index (χ0n) is 17.1. The molecule has 2 aromatic carbocycles. The Balaban J connectivity index is 1.95. The number of carbonyl (C=O) groups is 1. The molecule has 0 spiro atoms. The van der Waals surface area contributed by atoms with E-state index in [0.717, 1.165) is 33.8 Å². The minimum atomic E-state index is -0.360. The molecule has 1 aliphatic rings. The number of aliphatic hydroxyl groups excluding tert-OH is 1. The van der Waals surface area contributed by atoms with Crippen molar-refractivity contribution < 1.29 is 14.6 Å². The predicted octanol–water partition coefficient (Wildman–Crippen LogP) is 3.96. The van der Waals surface area contributed by atoms with Gasteiger partial charge in [-0.3, -0.25) is 14.8 Å². The minimum absolute atomic E-state index is 0.0416. The number of amides is 1. The van der Waals surface area contributed by atoms with Crippen molar-refractivity contribution in [1.29, 1.82) is 0 Å². The van der Waals surface area contributed by atoms with Gasteiger partial charge in [-0.1, -0.05) is 51.1 Å². The lowest BCUT2D eigenvalue weighted by Crippen LogP contribution is -2.30. The Kier molecular flexibility index (Phi) is 4.67. The molecule has 4 rings (SSSR count). The Hall–Kier alpha value is -3.12. The summed E-state index contributed by atoms with van der Waals surface area (Å²) in [6.07, 6.45) is 0. The van der Waals surface area contributed by atoms with Crippen LogP contribution in [0.3, 0.4) is 0 Å². The van der Waals surface area contributed by atoms with Crippen LogP contribution >= 0.6 is 0 Å². The summed E-state index contributed by atoms with van der Waals surface area (Å²) in [6, 6.07) is 14.8. The van der Waals surface area contributed by atoms with Crippen molar-refractivity contribution >= 4 is 11.6 Å². The van der Waals surface area contributed by atoms with Crippen molar-refractivity contribution in [2.75, 3.05) is 12.0 Å². The average molecular weight is 391 g/mol. The quantitative estimate of drug-likeness (QED) is 0.706. The van der Waals surface area contributed by atoms with Crippen molar-refractivity contribution in [3.63, 3.8) is 0 Å². The standard InChI is InChI=1S/C23H25N3O3/c1-23(2,3)21-18-19(24-25-21)22(28)26(15-11-9-14(13-27)10-12-15)20(18)16-7-5-6-8-17(16)29-4/h5-12,20,27H,13H2,1-4H3,(H,24,25). The van der Waals surface area contributed by atoms with Gasteiger partial charge in [0.2, 0.25) is 0 Å². The number of methoxy groups -OCH3 is 1. The lowest BCUT2D eigenvalue weighted by Gasteiger charge is -2.29. The van der Waals surface area contributed by atoms with Crippen molar-refractivity contribution in [3.05, 3.63) is 76.6 Å². The number of nitrogens with one attached hydrogen (secondary N) is 1. The summed E-state index contributed by atoms with van der Waals surface area (Å²) in [4.78, 5) is 15.2. The van der Waals surface area contributed by atoms with Crippen molar-refractivity contribution in [3.8, 4) is 5.75 Å². The van der Waals surface area contributed by atoms with E-state index in [2.05, 4.69) is 31.0 Å². The summed E-state index contributed by atoms with van der Waals surface area (Å²) in [7, 11) is 1.64. The fourth-order valence-corrected chi connectivity index (χ4v) is 3.93. The van der Waals surface area contributed by atoms with E-state index in [9.17, 15) is 9.90 Å². The lowest BCUT2D eigenvalue weighted by molar-refractivity contribution is 0.0988. The van der Waals surface area contributed by atoms with Crippen LogP contribution in [0.2, 0.25) is 0 Å². The van der Waals surface area contributed by atoms with E-state index in [0.29, 0.717) is 5.69 Å². The summed E-state index contributed by atoms with van der Waals surface area (Å²) >= 11 is 0. The molecule has 0 fully saturated rings. The first kappa shape index (κ1) is 19.2. The number of carbonyl (C=O) groups excluding carboxylic acids is 1. The third-order valence-electron chi connectivity index (χ3n) is 5.34. The molecule has 1 aliphatic heterocycles. The number of nitrogens with zero attached hydrogens (tertiary/aromatic N) is 2. The van der Waals surface area contributed by atoms with E-state index in [1.165, 1.54) is 0 Å². The number of hydrogen-bond acceptors (Lipinski definition) is 4. The maximum atomic E-state index is 13.4. The summed E-state index contributed by atoms with van der Waals surface area (Å²) in [6.45, 7) is 6.26. The number of para-hydroxylation sites is 1. The number of aromatic nitrogens is 2. The maximum Gasteiger partial charge on any atom is 0.280 e. The van der Waals surface area contributed by atoms with Crippen LogP contribution in [-0.2, 0) is 12.0 Å². The highest BCUT2D eigenvalue weighted by atomic mass is 16.5. The molecule has 29 heavy (non-hydrogen) atoms. The number of benzene rings is 2. The molecule has 0 aliphatic carbocycles. The molecule has 150 valence electrons. The summed E-state index contributed by atoms with van der Waals surface area (Å²) in [5, 5.41) is 16.9. The summed E-state index contributed by atoms with van der Waals surface area (Å²) in [5.41, 5.74) is 4.50. The van der Waals surface area contributed by atoms with Gasteiger partial charge in [0, 0.05) is 27.9 Å². The fraction of sp³-hybridized carbons (Fsp3) is 0.304. The molecular weight excluding hydrogens is 366 g/mol. The highest BCUT2D eigenvalue weighted by molar-refractivity contribution is 6.10. The number of rotatable bonds is 4. The number of aromatic amines is 1. The van der Waals surface area contributed by atoms with Gasteiger partial charge in [-0.15, -0.1) is 0 Å². The van der Waals surface area contributed by atoms with E-state index in [4.69, 9.17) is 4.74 Å². The monoisotopic (exact) mass is 391 g/mol. The van der Waals surface area contributed by atoms with Crippen LogP contribution in [0, 0.1) is 0 Å². The van der Waals surface area contributed by atoms with Gasteiger partial charge in [-0.25, -0.2) is 0 Å². The van der Waals surface area contributed by atoms with Gasteiger partial charge in [0.25, 0.3) is 5.91 Å². The number of H-pyrrole nitrogens is 1. The van der Waals surface area contributed by atoms with Gasteiger partial charge in [-0.05, 0) is 23.8 Å². The second-order valence-electron chi connectivity index (χ2n) is 8.26.